The average Bonchev–Trinajstić information content (AvgIpc) is 2.84. The Morgan fingerprint density at radius 1 is 1.79 bits per heavy atom. The number of nitrogens with zero attached hydrogens (tertiary/aromatic N) is 2. The van der Waals surface area contributed by atoms with Crippen LogP contribution in [0.2, 0.25) is 0 Å². The van der Waals surface area contributed by atoms with Gasteiger partial charge in [-0.3, -0.25) is 10.1 Å². The zero-order valence-corrected chi connectivity index (χ0v) is 8.94. The lowest BCUT2D eigenvalue weighted by Crippen LogP contribution is -2.09. The Morgan fingerprint density at radius 2 is 2.43 bits per heavy atom. The topological polar surface area (TPSA) is 68.6 Å². The van der Waals surface area contributed by atoms with Crippen LogP contribution in [0.3, 0.4) is 0 Å². The van der Waals surface area contributed by atoms with E-state index in [1.807, 2.05) is 0 Å². The molecule has 1 aliphatic heterocycles. The van der Waals surface area contributed by atoms with Gasteiger partial charge in [0.1, 0.15) is 5.60 Å². The van der Waals surface area contributed by atoms with Crippen molar-refractivity contribution in [3.05, 3.63) is 32.5 Å². The van der Waals surface area contributed by atoms with Gasteiger partial charge in [0.15, 0.2) is 5.69 Å². The van der Waals surface area contributed by atoms with Crippen LogP contribution in [0.4, 0.5) is 5.69 Å². The van der Waals surface area contributed by atoms with Gasteiger partial charge in [-0.25, -0.2) is 4.98 Å². The molecule has 5 nitrogen and oxygen atoms in total. The summed E-state index contributed by atoms with van der Waals surface area (Å²) in [7, 11) is 0. The molecule has 1 fully saturated rings. The first-order valence-electron chi connectivity index (χ1n) is 3.97. The molecule has 14 heavy (non-hydrogen) atoms. The molecule has 1 saturated heterocycles. The maximum absolute atomic E-state index is 10.7. The molecule has 1 atom stereocenters. The van der Waals surface area contributed by atoms with Gasteiger partial charge >= 0.3 is 0 Å². The van der Waals surface area contributed by atoms with Crippen molar-refractivity contribution in [1.29, 1.82) is 0 Å². The van der Waals surface area contributed by atoms with Crippen LogP contribution in [0.15, 0.2) is 16.7 Å². The highest BCUT2D eigenvalue weighted by atomic mass is 79.9. The molecule has 0 N–H and O–H groups in total. The van der Waals surface area contributed by atoms with E-state index in [-0.39, 0.29) is 5.69 Å². The van der Waals surface area contributed by atoms with Gasteiger partial charge in [0.05, 0.1) is 11.5 Å². The number of epoxide rings is 1. The molecule has 1 aliphatic rings. The molecule has 2 heterocycles. The highest BCUT2D eigenvalue weighted by molar-refractivity contribution is 9.10. The van der Waals surface area contributed by atoms with Crippen LogP contribution in [0.5, 0.6) is 0 Å². The van der Waals surface area contributed by atoms with E-state index in [2.05, 4.69) is 20.9 Å². The average molecular weight is 259 g/mol. The molecule has 0 aromatic carbocycles. The van der Waals surface area contributed by atoms with Crippen LogP contribution in [0.1, 0.15) is 12.6 Å². The van der Waals surface area contributed by atoms with Crippen LogP contribution in [-0.4, -0.2) is 16.5 Å². The molecule has 0 saturated carbocycles. The van der Waals surface area contributed by atoms with Crippen molar-refractivity contribution >= 4 is 21.6 Å². The van der Waals surface area contributed by atoms with Crippen LogP contribution in [0.25, 0.3) is 0 Å². The van der Waals surface area contributed by atoms with E-state index >= 15 is 0 Å². The summed E-state index contributed by atoms with van der Waals surface area (Å²) in [4.78, 5) is 14.3. The quantitative estimate of drug-likeness (QED) is 0.462. The fraction of sp³-hybridized carbons (Fsp3) is 0.375. The molecule has 0 aliphatic carbocycles. The SMILES string of the molecule is CC1(c2ncc(Br)cc2[N+](=O)[O-])CO1. The first-order valence-corrected chi connectivity index (χ1v) is 4.76. The summed E-state index contributed by atoms with van der Waals surface area (Å²) >= 11 is 3.14. The molecular weight excluding hydrogens is 252 g/mol. The number of aromatic nitrogens is 1. The highest BCUT2D eigenvalue weighted by Crippen LogP contribution is 2.41. The minimum absolute atomic E-state index is 0.000579. The van der Waals surface area contributed by atoms with Crippen molar-refractivity contribution in [2.75, 3.05) is 6.61 Å². The second-order valence-electron chi connectivity index (χ2n) is 3.30. The minimum atomic E-state index is -0.566. The third-order valence-corrected chi connectivity index (χ3v) is 2.54. The normalized spacial score (nSPS) is 24.7. The molecule has 0 amide bonds. The highest BCUT2D eigenvalue weighted by Gasteiger charge is 2.47. The zero-order chi connectivity index (χ0) is 10.3. The minimum Gasteiger partial charge on any atom is -0.363 e. The molecule has 0 bridgehead atoms. The summed E-state index contributed by atoms with van der Waals surface area (Å²) in [5.41, 5.74) is -0.173. The maximum Gasteiger partial charge on any atom is 0.294 e. The van der Waals surface area contributed by atoms with E-state index in [1.54, 1.807) is 6.92 Å². The lowest BCUT2D eigenvalue weighted by molar-refractivity contribution is -0.386. The Balaban J connectivity index is 2.54. The van der Waals surface area contributed by atoms with Gasteiger partial charge in [0.25, 0.3) is 5.69 Å². The summed E-state index contributed by atoms with van der Waals surface area (Å²) in [5, 5.41) is 10.7. The molecule has 1 aromatic rings. The summed E-state index contributed by atoms with van der Waals surface area (Å²) in [5.74, 6) is 0. The fourth-order valence-corrected chi connectivity index (χ4v) is 1.54. The van der Waals surface area contributed by atoms with Gasteiger partial charge in [0.2, 0.25) is 0 Å². The Hall–Kier alpha value is -1.01. The summed E-state index contributed by atoms with van der Waals surface area (Å²) in [6.45, 7) is 2.28. The van der Waals surface area contributed by atoms with Crippen LogP contribution in [-0.2, 0) is 10.3 Å². The van der Waals surface area contributed by atoms with Gasteiger partial charge < -0.3 is 4.74 Å². The Bertz CT molecular complexity index is 404. The van der Waals surface area contributed by atoms with Crippen molar-refractivity contribution in [2.45, 2.75) is 12.5 Å². The first-order chi connectivity index (χ1) is 6.53. The van der Waals surface area contributed by atoms with Gasteiger partial charge in [-0.05, 0) is 22.9 Å². The number of halogens is 1. The van der Waals surface area contributed by atoms with E-state index in [4.69, 9.17) is 4.74 Å². The summed E-state index contributed by atoms with van der Waals surface area (Å²) in [6.07, 6.45) is 1.54. The zero-order valence-electron chi connectivity index (χ0n) is 7.36. The van der Waals surface area contributed by atoms with Crippen LogP contribution >= 0.6 is 15.9 Å². The molecule has 2 rings (SSSR count). The molecule has 0 spiro atoms. The van der Waals surface area contributed by atoms with E-state index in [0.717, 1.165) is 0 Å². The molecule has 6 heteroatoms. The number of pyridine rings is 1. The predicted octanol–water partition coefficient (Wildman–Crippen LogP) is 2.00. The third kappa shape index (κ3) is 1.51. The fourth-order valence-electron chi connectivity index (χ4n) is 1.22. The van der Waals surface area contributed by atoms with E-state index in [9.17, 15) is 10.1 Å². The van der Waals surface area contributed by atoms with E-state index in [0.29, 0.717) is 16.8 Å². The largest absolute Gasteiger partial charge is 0.363 e. The summed E-state index contributed by atoms with van der Waals surface area (Å²) in [6, 6.07) is 1.44. The Kier molecular flexibility index (Phi) is 2.04. The van der Waals surface area contributed by atoms with Crippen LogP contribution < -0.4 is 0 Å². The van der Waals surface area contributed by atoms with Gasteiger partial charge in [0, 0.05) is 16.7 Å². The Morgan fingerprint density at radius 3 is 2.93 bits per heavy atom. The lowest BCUT2D eigenvalue weighted by atomic mass is 10.1. The third-order valence-electron chi connectivity index (χ3n) is 2.11. The smallest absolute Gasteiger partial charge is 0.294 e. The number of hydrogen-bond donors (Lipinski definition) is 0. The van der Waals surface area contributed by atoms with Gasteiger partial charge in [-0.15, -0.1) is 0 Å². The summed E-state index contributed by atoms with van der Waals surface area (Å²) < 4.78 is 5.73. The number of rotatable bonds is 2. The second-order valence-corrected chi connectivity index (χ2v) is 4.21. The molecule has 0 radical (unpaired) electrons. The maximum atomic E-state index is 10.7. The first kappa shape index (κ1) is 9.54. The van der Waals surface area contributed by atoms with Crippen molar-refractivity contribution < 1.29 is 9.66 Å². The van der Waals surface area contributed by atoms with E-state index < -0.39 is 10.5 Å². The van der Waals surface area contributed by atoms with Gasteiger partial charge in [-0.1, -0.05) is 0 Å². The predicted molar refractivity (Wildman–Crippen MR) is 51.9 cm³/mol. The lowest BCUT2D eigenvalue weighted by Gasteiger charge is -2.04. The van der Waals surface area contributed by atoms with Crippen molar-refractivity contribution in [3.63, 3.8) is 0 Å². The Labute approximate surface area is 88.4 Å². The van der Waals surface area contributed by atoms with Crippen molar-refractivity contribution in [3.8, 4) is 0 Å². The molecule has 74 valence electrons. The second kappa shape index (κ2) is 2.99. The molecule has 1 aromatic heterocycles. The standard InChI is InChI=1S/C8H7BrN2O3/c1-8(4-14-8)7-6(11(12)13)2-5(9)3-10-7/h2-3H,4H2,1H3. The van der Waals surface area contributed by atoms with Gasteiger partial charge in [-0.2, -0.15) is 0 Å². The number of ether oxygens (including phenoxy) is 1. The van der Waals surface area contributed by atoms with E-state index in [1.165, 1.54) is 12.3 Å². The molecule has 1 unspecified atom stereocenters. The van der Waals surface area contributed by atoms with Crippen molar-refractivity contribution in [1.82, 2.24) is 4.98 Å². The van der Waals surface area contributed by atoms with Crippen molar-refractivity contribution in [2.24, 2.45) is 0 Å². The monoisotopic (exact) mass is 258 g/mol. The molecular formula is C8H7BrN2O3. The number of nitro groups is 1. The number of hydrogen-bond acceptors (Lipinski definition) is 4. The van der Waals surface area contributed by atoms with Crippen LogP contribution in [0, 0.1) is 10.1 Å².